The van der Waals surface area contributed by atoms with Crippen molar-refractivity contribution in [1.29, 1.82) is 0 Å². The number of carbonyl (C=O) groups excluding carboxylic acids is 1. The number of rotatable bonds is 6. The SMILES string of the molecule is O=C(CSCc1cccc(Cl)c1)N/N=C/c1ccc2c(c1)OCCO2. The van der Waals surface area contributed by atoms with Crippen LogP contribution < -0.4 is 14.9 Å². The molecule has 5 nitrogen and oxygen atoms in total. The zero-order valence-electron chi connectivity index (χ0n) is 13.4. The molecular weight excluding hydrogens is 360 g/mol. The molecule has 1 amide bonds. The summed E-state index contributed by atoms with van der Waals surface area (Å²) >= 11 is 7.44. The molecule has 0 saturated carbocycles. The number of ether oxygens (including phenoxy) is 2. The minimum atomic E-state index is -0.152. The first-order chi connectivity index (χ1) is 12.2. The molecule has 0 unspecified atom stereocenters. The van der Waals surface area contributed by atoms with E-state index in [1.807, 2.05) is 42.5 Å². The molecule has 0 radical (unpaired) electrons. The Morgan fingerprint density at radius 2 is 2.04 bits per heavy atom. The number of benzene rings is 2. The Morgan fingerprint density at radius 1 is 1.20 bits per heavy atom. The normalized spacial score (nSPS) is 13.0. The molecule has 0 aromatic heterocycles. The maximum atomic E-state index is 11.8. The summed E-state index contributed by atoms with van der Waals surface area (Å²) in [6.45, 7) is 1.09. The number of nitrogens with one attached hydrogen (secondary N) is 1. The smallest absolute Gasteiger partial charge is 0.250 e. The van der Waals surface area contributed by atoms with E-state index in [1.165, 1.54) is 11.8 Å². The molecule has 25 heavy (non-hydrogen) atoms. The number of hydrogen-bond acceptors (Lipinski definition) is 5. The molecule has 1 heterocycles. The molecule has 1 N–H and O–H groups in total. The summed E-state index contributed by atoms with van der Waals surface area (Å²) in [4.78, 5) is 11.8. The molecular formula is C18H17ClN2O3S. The maximum Gasteiger partial charge on any atom is 0.250 e. The van der Waals surface area contributed by atoms with Crippen LogP contribution in [-0.2, 0) is 10.5 Å². The van der Waals surface area contributed by atoms with Gasteiger partial charge in [-0.15, -0.1) is 11.8 Å². The molecule has 0 atom stereocenters. The van der Waals surface area contributed by atoms with Crippen molar-refractivity contribution in [1.82, 2.24) is 5.43 Å². The van der Waals surface area contributed by atoms with E-state index in [9.17, 15) is 4.79 Å². The summed E-state index contributed by atoms with van der Waals surface area (Å²) in [6.07, 6.45) is 1.58. The van der Waals surface area contributed by atoms with Crippen molar-refractivity contribution in [2.45, 2.75) is 5.75 Å². The van der Waals surface area contributed by atoms with Crippen LogP contribution in [-0.4, -0.2) is 31.1 Å². The summed E-state index contributed by atoms with van der Waals surface area (Å²) in [6, 6.07) is 13.1. The van der Waals surface area contributed by atoms with Crippen molar-refractivity contribution >= 4 is 35.5 Å². The Hall–Kier alpha value is -2.18. The molecule has 0 bridgehead atoms. The monoisotopic (exact) mass is 376 g/mol. The van der Waals surface area contributed by atoms with E-state index < -0.39 is 0 Å². The topological polar surface area (TPSA) is 59.9 Å². The average molecular weight is 377 g/mol. The van der Waals surface area contributed by atoms with Crippen molar-refractivity contribution in [3.8, 4) is 11.5 Å². The average Bonchev–Trinajstić information content (AvgIpc) is 2.62. The second-order valence-corrected chi connectivity index (χ2v) is 6.74. The first kappa shape index (κ1) is 17.6. The fourth-order valence-corrected chi connectivity index (χ4v) is 3.22. The van der Waals surface area contributed by atoms with Crippen molar-refractivity contribution in [3.05, 3.63) is 58.6 Å². The van der Waals surface area contributed by atoms with Crippen LogP contribution in [0.5, 0.6) is 11.5 Å². The van der Waals surface area contributed by atoms with Crippen LogP contribution in [0.2, 0.25) is 5.02 Å². The molecule has 0 spiro atoms. The van der Waals surface area contributed by atoms with Gasteiger partial charge in [0.2, 0.25) is 5.91 Å². The van der Waals surface area contributed by atoms with Crippen molar-refractivity contribution in [3.63, 3.8) is 0 Å². The fourth-order valence-electron chi connectivity index (χ4n) is 2.24. The van der Waals surface area contributed by atoms with Crippen LogP contribution in [0.1, 0.15) is 11.1 Å². The van der Waals surface area contributed by atoms with Gasteiger partial charge in [0.1, 0.15) is 13.2 Å². The second kappa shape index (κ2) is 8.78. The highest BCUT2D eigenvalue weighted by atomic mass is 35.5. The number of amides is 1. The van der Waals surface area contributed by atoms with E-state index in [2.05, 4.69) is 10.5 Å². The van der Waals surface area contributed by atoms with Crippen LogP contribution in [0.15, 0.2) is 47.6 Å². The van der Waals surface area contributed by atoms with Gasteiger partial charge in [0.05, 0.1) is 12.0 Å². The van der Waals surface area contributed by atoms with Crippen LogP contribution in [0.3, 0.4) is 0 Å². The molecule has 1 aliphatic rings. The van der Waals surface area contributed by atoms with Gasteiger partial charge in [-0.1, -0.05) is 23.7 Å². The Bertz CT molecular complexity index is 783. The minimum Gasteiger partial charge on any atom is -0.486 e. The number of hydrogen-bond donors (Lipinski definition) is 1. The lowest BCUT2D eigenvalue weighted by atomic mass is 10.2. The van der Waals surface area contributed by atoms with Gasteiger partial charge in [-0.2, -0.15) is 5.10 Å². The van der Waals surface area contributed by atoms with Gasteiger partial charge in [-0.25, -0.2) is 5.43 Å². The van der Waals surface area contributed by atoms with Crippen molar-refractivity contribution < 1.29 is 14.3 Å². The number of nitrogens with zero attached hydrogens (tertiary/aromatic N) is 1. The predicted octanol–water partition coefficient (Wildman–Crippen LogP) is 3.49. The zero-order valence-corrected chi connectivity index (χ0v) is 15.0. The summed E-state index contributed by atoms with van der Waals surface area (Å²) in [5, 5.41) is 4.68. The lowest BCUT2D eigenvalue weighted by Crippen LogP contribution is -2.19. The molecule has 0 saturated heterocycles. The minimum absolute atomic E-state index is 0.152. The first-order valence-electron chi connectivity index (χ1n) is 7.74. The van der Waals surface area contributed by atoms with E-state index in [0.29, 0.717) is 29.7 Å². The molecule has 7 heteroatoms. The van der Waals surface area contributed by atoms with Gasteiger partial charge in [0.25, 0.3) is 0 Å². The number of hydrazone groups is 1. The first-order valence-corrected chi connectivity index (χ1v) is 9.28. The second-order valence-electron chi connectivity index (χ2n) is 5.32. The van der Waals surface area contributed by atoms with Crippen LogP contribution in [0.4, 0.5) is 0 Å². The van der Waals surface area contributed by atoms with Gasteiger partial charge in [0, 0.05) is 10.8 Å². The standard InChI is InChI=1S/C18H17ClN2O3S/c19-15-3-1-2-14(8-15)11-25-12-18(22)21-20-10-13-4-5-16-17(9-13)24-7-6-23-16/h1-5,8-10H,6-7,11-12H2,(H,21,22)/b20-10+. The van der Waals surface area contributed by atoms with E-state index in [0.717, 1.165) is 22.6 Å². The lowest BCUT2D eigenvalue weighted by molar-refractivity contribution is -0.118. The predicted molar refractivity (Wildman–Crippen MR) is 101 cm³/mol. The fraction of sp³-hybridized carbons (Fsp3) is 0.222. The van der Waals surface area contributed by atoms with Gasteiger partial charge < -0.3 is 9.47 Å². The molecule has 2 aromatic carbocycles. The molecule has 130 valence electrons. The number of carbonyl (C=O) groups is 1. The third kappa shape index (κ3) is 5.41. The number of thioether (sulfide) groups is 1. The maximum absolute atomic E-state index is 11.8. The summed E-state index contributed by atoms with van der Waals surface area (Å²) in [5.74, 6) is 2.31. The van der Waals surface area contributed by atoms with Gasteiger partial charge in [0.15, 0.2) is 11.5 Å². The highest BCUT2D eigenvalue weighted by Gasteiger charge is 2.10. The van der Waals surface area contributed by atoms with Gasteiger partial charge in [-0.3, -0.25) is 4.79 Å². The summed E-state index contributed by atoms with van der Waals surface area (Å²) < 4.78 is 11.0. The van der Waals surface area contributed by atoms with E-state index in [4.69, 9.17) is 21.1 Å². The number of fused-ring (bicyclic) bond motifs is 1. The van der Waals surface area contributed by atoms with E-state index >= 15 is 0 Å². The van der Waals surface area contributed by atoms with Crippen LogP contribution >= 0.6 is 23.4 Å². The Morgan fingerprint density at radius 3 is 2.88 bits per heavy atom. The van der Waals surface area contributed by atoms with Crippen LogP contribution in [0, 0.1) is 0 Å². The lowest BCUT2D eigenvalue weighted by Gasteiger charge is -2.18. The third-order valence-electron chi connectivity index (χ3n) is 3.36. The van der Waals surface area contributed by atoms with Crippen molar-refractivity contribution in [2.75, 3.05) is 19.0 Å². The van der Waals surface area contributed by atoms with Crippen molar-refractivity contribution in [2.24, 2.45) is 5.10 Å². The quantitative estimate of drug-likeness (QED) is 0.619. The highest BCUT2D eigenvalue weighted by molar-refractivity contribution is 7.99. The highest BCUT2D eigenvalue weighted by Crippen LogP contribution is 2.30. The molecule has 3 rings (SSSR count). The molecule has 1 aliphatic heterocycles. The van der Waals surface area contributed by atoms with Gasteiger partial charge >= 0.3 is 0 Å². The Kier molecular flexibility index (Phi) is 6.19. The molecule has 0 fully saturated rings. The third-order valence-corrected chi connectivity index (χ3v) is 4.60. The largest absolute Gasteiger partial charge is 0.486 e. The Balaban J connectivity index is 1.43. The zero-order chi connectivity index (χ0) is 17.5. The molecule has 0 aliphatic carbocycles. The van der Waals surface area contributed by atoms with E-state index in [1.54, 1.807) is 6.21 Å². The molecule has 2 aromatic rings. The van der Waals surface area contributed by atoms with E-state index in [-0.39, 0.29) is 5.91 Å². The van der Waals surface area contributed by atoms with Crippen LogP contribution in [0.25, 0.3) is 0 Å². The van der Waals surface area contributed by atoms with Gasteiger partial charge in [-0.05, 0) is 41.5 Å². The summed E-state index contributed by atoms with van der Waals surface area (Å²) in [7, 11) is 0. The Labute approximate surface area is 155 Å². The summed E-state index contributed by atoms with van der Waals surface area (Å²) in [5.41, 5.74) is 4.44. The number of halogens is 1.